The van der Waals surface area contributed by atoms with Crippen LogP contribution in [-0.2, 0) is 22.4 Å². The molecule has 184 valence electrons. The topological polar surface area (TPSA) is 147 Å². The van der Waals surface area contributed by atoms with Crippen LogP contribution in [0.3, 0.4) is 0 Å². The quantitative estimate of drug-likeness (QED) is 0.283. The lowest BCUT2D eigenvalue weighted by Gasteiger charge is -2.29. The fourth-order valence-corrected chi connectivity index (χ4v) is 4.17. The Labute approximate surface area is 194 Å². The first-order chi connectivity index (χ1) is 15.7. The lowest BCUT2D eigenvalue weighted by atomic mass is 9.75. The van der Waals surface area contributed by atoms with E-state index in [0.29, 0.717) is 42.9 Å². The number of aliphatic hydroxyl groups excluding tert-OH is 1. The molecule has 1 aliphatic carbocycles. The lowest BCUT2D eigenvalue weighted by molar-refractivity contribution is -0.132. The Hall–Kier alpha value is -2.50. The Morgan fingerprint density at radius 1 is 1.09 bits per heavy atom. The Balaban J connectivity index is 2.14. The van der Waals surface area contributed by atoms with E-state index in [1.807, 2.05) is 13.8 Å². The van der Waals surface area contributed by atoms with Gasteiger partial charge in [-0.05, 0) is 31.6 Å². The minimum absolute atomic E-state index is 0.104. The van der Waals surface area contributed by atoms with Crippen molar-refractivity contribution in [3.63, 3.8) is 0 Å². The molecular weight excluding hydrogens is 431 g/mol. The van der Waals surface area contributed by atoms with Gasteiger partial charge >= 0.3 is 7.12 Å². The number of carbonyl (C=O) groups excluding carboxylic acids is 2. The largest absolute Gasteiger partial charge is 0.496 e. The number of aliphatic hydroxyl groups is 1. The molecule has 10 nitrogen and oxygen atoms in total. The van der Waals surface area contributed by atoms with Crippen LogP contribution in [-0.4, -0.2) is 74.0 Å². The van der Waals surface area contributed by atoms with Gasteiger partial charge in [0.2, 0.25) is 11.8 Å². The molecule has 1 aromatic carbocycles. The summed E-state index contributed by atoms with van der Waals surface area (Å²) in [4.78, 5) is 25.5. The average molecular weight is 466 g/mol. The van der Waals surface area contributed by atoms with E-state index in [0.717, 1.165) is 11.1 Å². The van der Waals surface area contributed by atoms with Gasteiger partial charge in [-0.3, -0.25) is 9.59 Å². The molecule has 33 heavy (non-hydrogen) atoms. The predicted molar refractivity (Wildman–Crippen MR) is 122 cm³/mol. The summed E-state index contributed by atoms with van der Waals surface area (Å²) < 4.78 is 16.4. The van der Waals surface area contributed by atoms with Crippen molar-refractivity contribution in [2.75, 3.05) is 27.9 Å². The fourth-order valence-electron chi connectivity index (χ4n) is 4.17. The third kappa shape index (κ3) is 6.52. The molecule has 1 unspecified atom stereocenters. The summed E-state index contributed by atoms with van der Waals surface area (Å²) in [5, 5.41) is 33.9. The van der Waals surface area contributed by atoms with Crippen LogP contribution in [0.1, 0.15) is 37.8 Å². The maximum absolute atomic E-state index is 13.0. The van der Waals surface area contributed by atoms with Crippen molar-refractivity contribution in [1.29, 1.82) is 0 Å². The maximum Gasteiger partial charge on any atom is 0.475 e. The third-order valence-corrected chi connectivity index (χ3v) is 5.86. The number of hydrogen-bond acceptors (Lipinski definition) is 8. The standard InChI is InChI=1S/C22H35BN2O8/c1-12(2)8-19(23(29)30)25-22(28)16(11-26)24-21(27)13-6-7-14-15(9-13)17(31-3)10-18(32-4)20(14)33-5/h10,12-13,16,19,26,29-30H,6-9,11H2,1-5H3,(H,24,27)(H,25,28)/t13?,16-,19-/m0/s1. The van der Waals surface area contributed by atoms with Gasteiger partial charge in [0, 0.05) is 23.1 Å². The summed E-state index contributed by atoms with van der Waals surface area (Å²) in [7, 11) is 2.90. The Morgan fingerprint density at radius 2 is 1.76 bits per heavy atom. The molecule has 0 fully saturated rings. The summed E-state index contributed by atoms with van der Waals surface area (Å²) in [6.45, 7) is 3.14. The number of fused-ring (bicyclic) bond motifs is 1. The molecule has 1 aromatic rings. The molecule has 1 aliphatic rings. The number of ether oxygens (including phenoxy) is 3. The second-order valence-electron chi connectivity index (χ2n) is 8.61. The number of amides is 2. The maximum atomic E-state index is 13.0. The van der Waals surface area contributed by atoms with Crippen molar-refractivity contribution in [3.05, 3.63) is 17.2 Å². The molecule has 5 N–H and O–H groups in total. The first-order valence-electron chi connectivity index (χ1n) is 11.0. The van der Waals surface area contributed by atoms with E-state index in [9.17, 15) is 24.7 Å². The van der Waals surface area contributed by atoms with Crippen molar-refractivity contribution < 1.29 is 39.0 Å². The van der Waals surface area contributed by atoms with Gasteiger partial charge in [0.25, 0.3) is 0 Å². The van der Waals surface area contributed by atoms with Gasteiger partial charge in [0.1, 0.15) is 11.8 Å². The highest BCUT2D eigenvalue weighted by Crippen LogP contribution is 2.44. The highest BCUT2D eigenvalue weighted by atomic mass is 16.5. The van der Waals surface area contributed by atoms with Crippen molar-refractivity contribution in [3.8, 4) is 17.2 Å². The number of carbonyl (C=O) groups is 2. The SMILES string of the molecule is COc1cc(OC)c(OC)c2c1CC(C(=O)N[C@@H](CO)C(=O)N[C@@H](CC(C)C)B(O)O)CC2. The molecule has 0 radical (unpaired) electrons. The second kappa shape index (κ2) is 12.1. The molecule has 0 bridgehead atoms. The highest BCUT2D eigenvalue weighted by Gasteiger charge is 2.34. The van der Waals surface area contributed by atoms with Crippen LogP contribution >= 0.6 is 0 Å². The van der Waals surface area contributed by atoms with Gasteiger partial charge in [-0.25, -0.2) is 0 Å². The number of hydrogen-bond donors (Lipinski definition) is 5. The minimum Gasteiger partial charge on any atom is -0.496 e. The first kappa shape index (κ1) is 26.8. The van der Waals surface area contributed by atoms with Crippen molar-refractivity contribution in [2.45, 2.75) is 51.5 Å². The van der Waals surface area contributed by atoms with E-state index in [1.54, 1.807) is 27.4 Å². The van der Waals surface area contributed by atoms with Crippen LogP contribution in [0.15, 0.2) is 6.07 Å². The lowest BCUT2D eigenvalue weighted by Crippen LogP contribution is -2.56. The van der Waals surface area contributed by atoms with Crippen molar-refractivity contribution in [2.24, 2.45) is 11.8 Å². The van der Waals surface area contributed by atoms with Crippen LogP contribution in [0.2, 0.25) is 0 Å². The minimum atomic E-state index is -1.75. The smallest absolute Gasteiger partial charge is 0.475 e. The van der Waals surface area contributed by atoms with Crippen molar-refractivity contribution >= 4 is 18.9 Å². The summed E-state index contributed by atoms with van der Waals surface area (Å²) in [6, 6.07) is 0.511. The fraction of sp³-hybridized carbons (Fsp3) is 0.636. The normalized spacial score (nSPS) is 16.9. The molecule has 11 heteroatoms. The highest BCUT2D eigenvalue weighted by molar-refractivity contribution is 6.43. The number of rotatable bonds is 11. The van der Waals surface area contributed by atoms with E-state index in [2.05, 4.69) is 10.6 Å². The first-order valence-corrected chi connectivity index (χ1v) is 11.0. The van der Waals surface area contributed by atoms with E-state index >= 15 is 0 Å². The number of nitrogens with one attached hydrogen (secondary N) is 2. The number of benzene rings is 1. The van der Waals surface area contributed by atoms with Crippen LogP contribution in [0, 0.1) is 11.8 Å². The Bertz CT molecular complexity index is 833. The van der Waals surface area contributed by atoms with E-state index in [1.165, 1.54) is 0 Å². The van der Waals surface area contributed by atoms with Crippen LogP contribution in [0.4, 0.5) is 0 Å². The Morgan fingerprint density at radius 3 is 2.27 bits per heavy atom. The molecule has 0 saturated carbocycles. The van der Waals surface area contributed by atoms with Crippen LogP contribution in [0.5, 0.6) is 17.2 Å². The molecule has 2 rings (SSSR count). The van der Waals surface area contributed by atoms with E-state index in [4.69, 9.17) is 14.2 Å². The molecule has 0 aliphatic heterocycles. The zero-order chi connectivity index (χ0) is 24.7. The molecule has 3 atom stereocenters. The molecule has 0 saturated heterocycles. The summed E-state index contributed by atoms with van der Waals surface area (Å²) in [6.07, 6.45) is 1.76. The summed E-state index contributed by atoms with van der Waals surface area (Å²) >= 11 is 0. The molecule has 0 aromatic heterocycles. The van der Waals surface area contributed by atoms with Gasteiger partial charge in [-0.2, -0.15) is 0 Å². The van der Waals surface area contributed by atoms with Gasteiger partial charge in [0.15, 0.2) is 11.5 Å². The molecule has 0 spiro atoms. The third-order valence-electron chi connectivity index (χ3n) is 5.86. The van der Waals surface area contributed by atoms with E-state index < -0.39 is 37.5 Å². The predicted octanol–water partition coefficient (Wildman–Crippen LogP) is -0.163. The van der Waals surface area contributed by atoms with E-state index in [-0.39, 0.29) is 11.8 Å². The number of methoxy groups -OCH3 is 3. The molecular formula is C22H35BN2O8. The summed E-state index contributed by atoms with van der Waals surface area (Å²) in [5.41, 5.74) is 1.76. The van der Waals surface area contributed by atoms with Gasteiger partial charge < -0.3 is 40.0 Å². The van der Waals surface area contributed by atoms with Crippen molar-refractivity contribution in [1.82, 2.24) is 10.6 Å². The van der Waals surface area contributed by atoms with Crippen LogP contribution in [0.25, 0.3) is 0 Å². The molecule has 0 heterocycles. The van der Waals surface area contributed by atoms with Gasteiger partial charge in [-0.15, -0.1) is 0 Å². The van der Waals surface area contributed by atoms with Gasteiger partial charge in [0.05, 0.1) is 33.9 Å². The monoisotopic (exact) mass is 466 g/mol. The van der Waals surface area contributed by atoms with Gasteiger partial charge in [-0.1, -0.05) is 13.8 Å². The Kier molecular flexibility index (Phi) is 9.81. The average Bonchev–Trinajstić information content (AvgIpc) is 2.79. The zero-order valence-corrected chi connectivity index (χ0v) is 19.9. The summed E-state index contributed by atoms with van der Waals surface area (Å²) in [5.74, 6) is -0.551. The second-order valence-corrected chi connectivity index (χ2v) is 8.61. The van der Waals surface area contributed by atoms with Crippen LogP contribution < -0.4 is 24.8 Å². The zero-order valence-electron chi connectivity index (χ0n) is 19.9. The molecule has 2 amide bonds.